The van der Waals surface area contributed by atoms with Gasteiger partial charge in [-0.1, -0.05) is 18.0 Å². The molecule has 0 radical (unpaired) electrons. The molecule has 1 aliphatic carbocycles. The van der Waals surface area contributed by atoms with Gasteiger partial charge in [-0.2, -0.15) is 15.1 Å². The molecule has 0 amide bonds. The molecule has 2 N–H and O–H groups in total. The van der Waals surface area contributed by atoms with E-state index < -0.39 is 11.4 Å². The number of ether oxygens (including phenoxy) is 1. The van der Waals surface area contributed by atoms with Gasteiger partial charge < -0.3 is 19.6 Å². The fourth-order valence-electron chi connectivity index (χ4n) is 7.72. The van der Waals surface area contributed by atoms with Gasteiger partial charge in [0.2, 0.25) is 0 Å². The normalized spacial score (nSPS) is 26.7. The van der Waals surface area contributed by atoms with E-state index >= 15 is 4.39 Å². The van der Waals surface area contributed by atoms with E-state index in [0.717, 1.165) is 49.7 Å². The van der Waals surface area contributed by atoms with Gasteiger partial charge in [0, 0.05) is 41.7 Å². The molecule has 1 aromatic carbocycles. The van der Waals surface area contributed by atoms with E-state index in [1.54, 1.807) is 12.4 Å². The number of likely N-dealkylation sites (tertiary alicyclic amines) is 1. The maximum Gasteiger partial charge on any atom is 0.319 e. The second-order valence-electron chi connectivity index (χ2n) is 12.9. The lowest BCUT2D eigenvalue weighted by atomic mass is 9.76. The van der Waals surface area contributed by atoms with Crippen LogP contribution in [0.25, 0.3) is 33.1 Å². The average Bonchev–Trinajstić information content (AvgIpc) is 3.61. The molecule has 1 saturated carbocycles. The van der Waals surface area contributed by atoms with Gasteiger partial charge in [-0.15, -0.1) is 0 Å². The molecular weight excluding hydrogens is 557 g/mol. The number of hydrogen-bond acceptors (Lipinski definition) is 8. The van der Waals surface area contributed by atoms with E-state index in [1.807, 2.05) is 24.8 Å². The van der Waals surface area contributed by atoms with Crippen molar-refractivity contribution in [1.82, 2.24) is 30.0 Å². The number of fused-ring (bicyclic) bond motifs is 3. The van der Waals surface area contributed by atoms with Gasteiger partial charge >= 0.3 is 6.01 Å². The first kappa shape index (κ1) is 27.7. The van der Waals surface area contributed by atoms with E-state index in [-0.39, 0.29) is 22.6 Å². The van der Waals surface area contributed by atoms with E-state index in [4.69, 9.17) is 21.3 Å². The molecule has 9 nitrogen and oxygen atoms in total. The molecule has 3 fully saturated rings. The Balaban J connectivity index is 1.35. The first-order valence-corrected chi connectivity index (χ1v) is 15.3. The van der Waals surface area contributed by atoms with Crippen molar-refractivity contribution >= 4 is 39.2 Å². The summed E-state index contributed by atoms with van der Waals surface area (Å²) in [6.07, 6.45) is 10.4. The summed E-state index contributed by atoms with van der Waals surface area (Å²) in [6.45, 7) is 6.34. The minimum atomic E-state index is -0.882. The van der Waals surface area contributed by atoms with Gasteiger partial charge in [0.15, 0.2) is 5.82 Å². The quantitative estimate of drug-likeness (QED) is 0.305. The van der Waals surface area contributed by atoms with Crippen molar-refractivity contribution in [2.45, 2.75) is 70.4 Å². The van der Waals surface area contributed by atoms with E-state index in [9.17, 15) is 5.11 Å². The van der Waals surface area contributed by atoms with Crippen LogP contribution in [0.15, 0.2) is 18.5 Å². The number of H-pyrrole nitrogens is 1. The zero-order valence-corrected chi connectivity index (χ0v) is 25.1. The van der Waals surface area contributed by atoms with Crippen LogP contribution in [0.3, 0.4) is 0 Å². The van der Waals surface area contributed by atoms with Crippen molar-refractivity contribution in [3.63, 3.8) is 0 Å². The Morgan fingerprint density at radius 1 is 1.14 bits per heavy atom. The van der Waals surface area contributed by atoms with Crippen LogP contribution in [0, 0.1) is 18.2 Å². The number of hydrogen-bond donors (Lipinski definition) is 2. The smallest absolute Gasteiger partial charge is 0.319 e. The summed E-state index contributed by atoms with van der Waals surface area (Å²) >= 11 is 6.76. The van der Waals surface area contributed by atoms with Crippen molar-refractivity contribution in [1.29, 1.82) is 0 Å². The molecule has 3 unspecified atom stereocenters. The molecule has 11 heteroatoms. The van der Waals surface area contributed by atoms with Crippen molar-refractivity contribution in [3.05, 3.63) is 34.9 Å². The molecule has 2 saturated heterocycles. The maximum atomic E-state index is 16.7. The molecule has 3 aliphatic rings. The summed E-state index contributed by atoms with van der Waals surface area (Å²) in [4.78, 5) is 18.6. The molecule has 3 atom stereocenters. The zero-order valence-electron chi connectivity index (χ0n) is 24.4. The SMILES string of the molecule is Cc1cc2[nH]ncc2c(-c2ncc3c(N4CCCC(C)(O)C4)nc(OCC45CCCC4N(C)CCC5)nc3c2F)c1Cl. The van der Waals surface area contributed by atoms with Gasteiger partial charge in [-0.25, -0.2) is 4.39 Å². The number of aryl methyl sites for hydroxylation is 1. The number of benzene rings is 1. The first-order chi connectivity index (χ1) is 20.2. The molecule has 4 aromatic rings. The van der Waals surface area contributed by atoms with Crippen LogP contribution in [-0.4, -0.2) is 80.1 Å². The number of pyridine rings is 1. The Bertz CT molecular complexity index is 1680. The fraction of sp³-hybridized carbons (Fsp3) is 0.548. The van der Waals surface area contributed by atoms with E-state index in [2.05, 4.69) is 32.1 Å². The summed E-state index contributed by atoms with van der Waals surface area (Å²) in [7, 11) is 2.20. The molecule has 5 heterocycles. The minimum Gasteiger partial charge on any atom is -0.463 e. The van der Waals surface area contributed by atoms with E-state index in [0.29, 0.717) is 59.3 Å². The summed E-state index contributed by atoms with van der Waals surface area (Å²) < 4.78 is 23.1. The van der Waals surface area contributed by atoms with Crippen LogP contribution in [0.4, 0.5) is 10.2 Å². The van der Waals surface area contributed by atoms with Crippen LogP contribution in [0.1, 0.15) is 57.4 Å². The van der Waals surface area contributed by atoms with Crippen molar-refractivity contribution in [2.75, 3.05) is 38.2 Å². The number of anilines is 1. The van der Waals surface area contributed by atoms with Gasteiger partial charge in [0.05, 0.1) is 34.3 Å². The number of rotatable bonds is 5. The topological polar surface area (TPSA) is 103 Å². The van der Waals surface area contributed by atoms with Crippen LogP contribution in [0.5, 0.6) is 6.01 Å². The molecule has 42 heavy (non-hydrogen) atoms. The number of halogens is 2. The van der Waals surface area contributed by atoms with Crippen molar-refractivity contribution in [2.24, 2.45) is 5.41 Å². The Labute approximate surface area is 249 Å². The van der Waals surface area contributed by atoms with Gasteiger partial charge in [0.25, 0.3) is 0 Å². The molecule has 2 aliphatic heterocycles. The standard InChI is InChI=1S/C31H37ClFN7O2/c1-18-13-21-19(15-35-38-21)23(24(18)32)27-25(33)26-20(14-34-27)28(40-12-5-8-30(2,41)16-40)37-29(36-26)42-17-31-9-4-7-22(31)39(3)11-6-10-31/h13-15,22,41H,4-12,16-17H2,1-3H3,(H,35,38). The van der Waals surface area contributed by atoms with Crippen LogP contribution >= 0.6 is 11.6 Å². The van der Waals surface area contributed by atoms with Crippen molar-refractivity contribution < 1.29 is 14.2 Å². The number of nitrogens with one attached hydrogen (secondary N) is 1. The predicted molar refractivity (Wildman–Crippen MR) is 162 cm³/mol. The Hall–Kier alpha value is -3.08. The largest absolute Gasteiger partial charge is 0.463 e. The highest BCUT2D eigenvalue weighted by atomic mass is 35.5. The molecule has 7 rings (SSSR count). The third-order valence-electron chi connectivity index (χ3n) is 9.78. The van der Waals surface area contributed by atoms with Crippen LogP contribution in [-0.2, 0) is 0 Å². The summed E-state index contributed by atoms with van der Waals surface area (Å²) in [5.41, 5.74) is 1.40. The first-order valence-electron chi connectivity index (χ1n) is 14.9. The Morgan fingerprint density at radius 2 is 1.95 bits per heavy atom. The van der Waals surface area contributed by atoms with Gasteiger partial charge in [0.1, 0.15) is 17.0 Å². The third-order valence-corrected chi connectivity index (χ3v) is 10.3. The highest BCUT2D eigenvalue weighted by Gasteiger charge is 2.47. The second kappa shape index (κ2) is 10.3. The lowest BCUT2D eigenvalue weighted by Gasteiger charge is -2.44. The van der Waals surface area contributed by atoms with Crippen molar-refractivity contribution in [3.8, 4) is 17.3 Å². The maximum absolute atomic E-state index is 16.7. The lowest BCUT2D eigenvalue weighted by Crippen LogP contribution is -2.50. The minimum absolute atomic E-state index is 0.0458. The molecule has 0 bridgehead atoms. The Morgan fingerprint density at radius 3 is 2.79 bits per heavy atom. The van der Waals surface area contributed by atoms with E-state index in [1.165, 1.54) is 6.42 Å². The molecule has 222 valence electrons. The fourth-order valence-corrected chi connectivity index (χ4v) is 7.97. The molecule has 3 aromatic heterocycles. The highest BCUT2D eigenvalue weighted by molar-refractivity contribution is 6.35. The number of β-amino-alcohol motifs (C(OH)–C–C–N with tert-alkyl or cyclic N) is 1. The van der Waals surface area contributed by atoms with Crippen LogP contribution < -0.4 is 9.64 Å². The number of piperidine rings is 2. The van der Waals surface area contributed by atoms with Gasteiger partial charge in [-0.05, 0) is 77.6 Å². The molecular formula is C31H37ClFN7O2. The summed E-state index contributed by atoms with van der Waals surface area (Å²) in [5, 5.41) is 19.6. The van der Waals surface area contributed by atoms with Gasteiger partial charge in [-0.3, -0.25) is 10.1 Å². The third kappa shape index (κ3) is 4.59. The number of aromatic nitrogens is 5. The lowest BCUT2D eigenvalue weighted by molar-refractivity contribution is 0.0132. The average molecular weight is 594 g/mol. The number of aliphatic hydroxyl groups is 1. The molecule has 0 spiro atoms. The Kier molecular flexibility index (Phi) is 6.79. The zero-order chi connectivity index (χ0) is 29.2. The monoisotopic (exact) mass is 593 g/mol. The summed E-state index contributed by atoms with van der Waals surface area (Å²) in [5.74, 6) is -0.0629. The number of nitrogens with zero attached hydrogens (tertiary/aromatic N) is 6. The predicted octanol–water partition coefficient (Wildman–Crippen LogP) is 5.66. The second-order valence-corrected chi connectivity index (χ2v) is 13.3. The highest BCUT2D eigenvalue weighted by Crippen LogP contribution is 2.47. The summed E-state index contributed by atoms with van der Waals surface area (Å²) in [6, 6.07) is 2.51. The van der Waals surface area contributed by atoms with Crippen LogP contribution in [0.2, 0.25) is 5.02 Å². The number of aromatic amines is 1.